The zero-order valence-corrected chi connectivity index (χ0v) is 11.3. The molecule has 2 rings (SSSR count). The van der Waals surface area contributed by atoms with Gasteiger partial charge >= 0.3 is 0 Å². The number of hydrogen-bond acceptors (Lipinski definition) is 3. The zero-order chi connectivity index (χ0) is 12.3. The maximum atomic E-state index is 9.84. The first-order chi connectivity index (χ1) is 8.18. The lowest BCUT2D eigenvalue weighted by Gasteiger charge is -2.28. The van der Waals surface area contributed by atoms with Crippen molar-refractivity contribution in [2.24, 2.45) is 0 Å². The van der Waals surface area contributed by atoms with E-state index in [0.29, 0.717) is 11.0 Å². The van der Waals surface area contributed by atoms with Crippen molar-refractivity contribution in [1.82, 2.24) is 5.32 Å². The third-order valence-corrected chi connectivity index (χ3v) is 3.99. The minimum absolute atomic E-state index is 0.155. The standard InChI is InChI=1S/C13H18BrNO2/c14-10-5-3-4-9(13(10)17)8-15-11-6-1-2-7-12(11)16/h3-5,11-12,15-17H,1-2,6-8H2. The van der Waals surface area contributed by atoms with E-state index in [2.05, 4.69) is 21.2 Å². The average Bonchev–Trinajstić information content (AvgIpc) is 2.33. The van der Waals surface area contributed by atoms with E-state index >= 15 is 0 Å². The number of benzene rings is 1. The van der Waals surface area contributed by atoms with Gasteiger partial charge in [-0.25, -0.2) is 0 Å². The Morgan fingerprint density at radius 1 is 1.29 bits per heavy atom. The molecule has 4 heteroatoms. The maximum absolute atomic E-state index is 9.84. The summed E-state index contributed by atoms with van der Waals surface area (Å²) in [6, 6.07) is 5.76. The lowest BCUT2D eigenvalue weighted by atomic mass is 9.92. The van der Waals surface area contributed by atoms with E-state index in [1.54, 1.807) is 0 Å². The molecular formula is C13H18BrNO2. The van der Waals surface area contributed by atoms with Crippen molar-refractivity contribution in [2.45, 2.75) is 44.4 Å². The second-order valence-electron chi connectivity index (χ2n) is 4.59. The summed E-state index contributed by atoms with van der Waals surface area (Å²) in [5.41, 5.74) is 0.858. The third kappa shape index (κ3) is 3.21. The van der Waals surface area contributed by atoms with E-state index in [4.69, 9.17) is 0 Å². The molecule has 2 unspecified atom stereocenters. The summed E-state index contributed by atoms with van der Waals surface area (Å²) in [4.78, 5) is 0. The van der Waals surface area contributed by atoms with Crippen LogP contribution in [0.15, 0.2) is 22.7 Å². The SMILES string of the molecule is Oc1c(Br)cccc1CNC1CCCCC1O. The first-order valence-electron chi connectivity index (χ1n) is 6.06. The Bertz CT molecular complexity index is 384. The Labute approximate surface area is 110 Å². The molecule has 0 radical (unpaired) electrons. The number of aromatic hydroxyl groups is 1. The van der Waals surface area contributed by atoms with E-state index < -0.39 is 0 Å². The molecular weight excluding hydrogens is 282 g/mol. The number of halogens is 1. The molecule has 1 aromatic rings. The van der Waals surface area contributed by atoms with Crippen LogP contribution in [-0.2, 0) is 6.54 Å². The second kappa shape index (κ2) is 5.85. The van der Waals surface area contributed by atoms with E-state index in [0.717, 1.165) is 24.8 Å². The molecule has 3 nitrogen and oxygen atoms in total. The minimum atomic E-state index is -0.252. The fourth-order valence-corrected chi connectivity index (χ4v) is 2.70. The van der Waals surface area contributed by atoms with Gasteiger partial charge in [-0.2, -0.15) is 0 Å². The Morgan fingerprint density at radius 2 is 2.06 bits per heavy atom. The highest BCUT2D eigenvalue weighted by Gasteiger charge is 2.22. The number of para-hydroxylation sites is 1. The monoisotopic (exact) mass is 299 g/mol. The maximum Gasteiger partial charge on any atom is 0.134 e. The van der Waals surface area contributed by atoms with Gasteiger partial charge < -0.3 is 15.5 Å². The lowest BCUT2D eigenvalue weighted by molar-refractivity contribution is 0.0901. The molecule has 17 heavy (non-hydrogen) atoms. The molecule has 0 spiro atoms. The van der Waals surface area contributed by atoms with Crippen LogP contribution in [0.1, 0.15) is 31.2 Å². The number of nitrogens with one attached hydrogen (secondary N) is 1. The molecule has 0 heterocycles. The molecule has 0 amide bonds. The molecule has 1 fully saturated rings. The van der Waals surface area contributed by atoms with Crippen molar-refractivity contribution >= 4 is 15.9 Å². The second-order valence-corrected chi connectivity index (χ2v) is 5.44. The normalized spacial score (nSPS) is 24.8. The molecule has 2 atom stereocenters. The van der Waals surface area contributed by atoms with Gasteiger partial charge in [-0.1, -0.05) is 25.0 Å². The third-order valence-electron chi connectivity index (χ3n) is 3.35. The Kier molecular flexibility index (Phi) is 4.42. The molecule has 1 aliphatic rings. The van der Waals surface area contributed by atoms with Crippen molar-refractivity contribution in [2.75, 3.05) is 0 Å². The molecule has 0 aromatic heterocycles. The predicted molar refractivity (Wildman–Crippen MR) is 70.9 cm³/mol. The van der Waals surface area contributed by atoms with E-state index in [-0.39, 0.29) is 17.9 Å². The quantitative estimate of drug-likeness (QED) is 0.804. The Morgan fingerprint density at radius 3 is 2.82 bits per heavy atom. The summed E-state index contributed by atoms with van der Waals surface area (Å²) >= 11 is 3.30. The van der Waals surface area contributed by atoms with Crippen LogP contribution < -0.4 is 5.32 Å². The summed E-state index contributed by atoms with van der Waals surface area (Å²) < 4.78 is 0.709. The first kappa shape index (κ1) is 12.9. The van der Waals surface area contributed by atoms with Gasteiger partial charge in [0.25, 0.3) is 0 Å². The Hall–Kier alpha value is -0.580. The molecule has 0 aliphatic heterocycles. The van der Waals surface area contributed by atoms with Crippen LogP contribution in [0, 0.1) is 0 Å². The summed E-state index contributed by atoms with van der Waals surface area (Å²) in [6.45, 7) is 0.590. The van der Waals surface area contributed by atoms with Crippen molar-refractivity contribution in [1.29, 1.82) is 0 Å². The van der Waals surface area contributed by atoms with Crippen LogP contribution in [0.25, 0.3) is 0 Å². The van der Waals surface area contributed by atoms with Crippen LogP contribution in [-0.4, -0.2) is 22.4 Å². The average molecular weight is 300 g/mol. The summed E-state index contributed by atoms with van der Waals surface area (Å²) in [5, 5.41) is 23.0. The molecule has 1 saturated carbocycles. The van der Waals surface area contributed by atoms with E-state index in [1.165, 1.54) is 6.42 Å². The fraction of sp³-hybridized carbons (Fsp3) is 0.538. The zero-order valence-electron chi connectivity index (χ0n) is 9.69. The number of aliphatic hydroxyl groups excluding tert-OH is 1. The van der Waals surface area contributed by atoms with Gasteiger partial charge in [0.05, 0.1) is 10.6 Å². The fourth-order valence-electron chi connectivity index (χ4n) is 2.29. The van der Waals surface area contributed by atoms with Crippen LogP contribution in [0.4, 0.5) is 0 Å². The van der Waals surface area contributed by atoms with Crippen LogP contribution >= 0.6 is 15.9 Å². The largest absolute Gasteiger partial charge is 0.506 e. The number of hydrogen-bond donors (Lipinski definition) is 3. The van der Waals surface area contributed by atoms with Gasteiger partial charge in [-0.05, 0) is 34.8 Å². The topological polar surface area (TPSA) is 52.5 Å². The highest BCUT2D eigenvalue weighted by molar-refractivity contribution is 9.10. The number of phenols is 1. The van der Waals surface area contributed by atoms with E-state index in [1.807, 2.05) is 18.2 Å². The van der Waals surface area contributed by atoms with Gasteiger partial charge in [0.1, 0.15) is 5.75 Å². The van der Waals surface area contributed by atoms with Crippen molar-refractivity contribution in [3.63, 3.8) is 0 Å². The first-order valence-corrected chi connectivity index (χ1v) is 6.85. The molecule has 3 N–H and O–H groups in total. The smallest absolute Gasteiger partial charge is 0.134 e. The molecule has 1 aliphatic carbocycles. The number of phenolic OH excluding ortho intramolecular Hbond substituents is 1. The van der Waals surface area contributed by atoms with Crippen molar-refractivity contribution in [3.8, 4) is 5.75 Å². The Balaban J connectivity index is 1.95. The van der Waals surface area contributed by atoms with Crippen molar-refractivity contribution in [3.05, 3.63) is 28.2 Å². The predicted octanol–water partition coefficient (Wildman–Crippen LogP) is 2.55. The van der Waals surface area contributed by atoms with Crippen molar-refractivity contribution < 1.29 is 10.2 Å². The highest BCUT2D eigenvalue weighted by atomic mass is 79.9. The van der Waals surface area contributed by atoms with Crippen LogP contribution in [0.5, 0.6) is 5.75 Å². The lowest BCUT2D eigenvalue weighted by Crippen LogP contribution is -2.41. The van der Waals surface area contributed by atoms with Gasteiger partial charge in [0.15, 0.2) is 0 Å². The summed E-state index contributed by atoms with van der Waals surface area (Å²) in [5.74, 6) is 0.283. The van der Waals surface area contributed by atoms with Gasteiger partial charge in [-0.15, -0.1) is 0 Å². The van der Waals surface area contributed by atoms with Gasteiger partial charge in [-0.3, -0.25) is 0 Å². The van der Waals surface area contributed by atoms with E-state index in [9.17, 15) is 10.2 Å². The molecule has 0 saturated heterocycles. The number of rotatable bonds is 3. The number of aliphatic hydroxyl groups is 1. The summed E-state index contributed by atoms with van der Waals surface area (Å²) in [6.07, 6.45) is 3.91. The highest BCUT2D eigenvalue weighted by Crippen LogP contribution is 2.27. The minimum Gasteiger partial charge on any atom is -0.506 e. The van der Waals surface area contributed by atoms with Gasteiger partial charge in [0, 0.05) is 18.2 Å². The molecule has 1 aromatic carbocycles. The van der Waals surface area contributed by atoms with Crippen LogP contribution in [0.3, 0.4) is 0 Å². The van der Waals surface area contributed by atoms with Gasteiger partial charge in [0.2, 0.25) is 0 Å². The van der Waals surface area contributed by atoms with Crippen LogP contribution in [0.2, 0.25) is 0 Å². The summed E-state index contributed by atoms with van der Waals surface area (Å²) in [7, 11) is 0. The molecule has 0 bridgehead atoms. The molecule has 94 valence electrons.